The van der Waals surface area contributed by atoms with Gasteiger partial charge in [-0.25, -0.2) is 0 Å². The van der Waals surface area contributed by atoms with Gasteiger partial charge < -0.3 is 9.47 Å². The monoisotopic (exact) mass is 290 g/mol. The number of rotatable bonds is 1. The Morgan fingerprint density at radius 2 is 2.31 bits per heavy atom. The van der Waals surface area contributed by atoms with Gasteiger partial charge in [0.2, 0.25) is 0 Å². The largest absolute Gasteiger partial charge is 0.496 e. The summed E-state index contributed by atoms with van der Waals surface area (Å²) in [6.45, 7) is 0. The van der Waals surface area contributed by atoms with Gasteiger partial charge in [-0.15, -0.1) is 0 Å². The lowest BCUT2D eigenvalue weighted by Gasteiger charge is -2.04. The van der Waals surface area contributed by atoms with Crippen LogP contribution in [0.1, 0.15) is 5.56 Å². The number of esters is 1. The molecule has 1 aliphatic rings. The third-order valence-corrected chi connectivity index (χ3v) is 2.74. The van der Waals surface area contributed by atoms with Gasteiger partial charge in [-0.3, -0.25) is 4.79 Å². The third-order valence-electron chi connectivity index (χ3n) is 1.89. The van der Waals surface area contributed by atoms with Crippen LogP contribution in [0.5, 0.6) is 11.5 Å². The fourth-order valence-electron chi connectivity index (χ4n) is 1.28. The standard InChI is InChI=1S/C9H7IO3/c1-12-8-2-5-3-9(11)13-7(5)4-6(8)10/h2,4H,3H2,1H3. The number of hydrogen-bond acceptors (Lipinski definition) is 3. The molecule has 1 aromatic carbocycles. The Hall–Kier alpha value is -0.780. The number of hydrogen-bond donors (Lipinski definition) is 0. The van der Waals surface area contributed by atoms with Crippen molar-refractivity contribution >= 4 is 28.6 Å². The molecule has 4 heteroatoms. The fourth-order valence-corrected chi connectivity index (χ4v) is 1.94. The molecule has 0 amide bonds. The minimum Gasteiger partial charge on any atom is -0.496 e. The van der Waals surface area contributed by atoms with Crippen molar-refractivity contribution in [1.82, 2.24) is 0 Å². The SMILES string of the molecule is COc1cc2c(cc1I)OC(=O)C2. The Balaban J connectivity index is 2.50. The second-order valence-corrected chi connectivity index (χ2v) is 3.91. The summed E-state index contributed by atoms with van der Waals surface area (Å²) in [5.74, 6) is 1.26. The molecule has 68 valence electrons. The normalized spacial score (nSPS) is 13.8. The van der Waals surface area contributed by atoms with Crippen LogP contribution < -0.4 is 9.47 Å². The predicted octanol–water partition coefficient (Wildman–Crippen LogP) is 1.76. The van der Waals surface area contributed by atoms with Gasteiger partial charge in [0, 0.05) is 5.56 Å². The van der Waals surface area contributed by atoms with E-state index in [4.69, 9.17) is 9.47 Å². The molecule has 2 rings (SSSR count). The van der Waals surface area contributed by atoms with E-state index < -0.39 is 0 Å². The van der Waals surface area contributed by atoms with Gasteiger partial charge in [0.05, 0.1) is 17.1 Å². The highest BCUT2D eigenvalue weighted by Crippen LogP contribution is 2.33. The van der Waals surface area contributed by atoms with Crippen molar-refractivity contribution in [1.29, 1.82) is 0 Å². The van der Waals surface area contributed by atoms with E-state index >= 15 is 0 Å². The summed E-state index contributed by atoms with van der Waals surface area (Å²) in [7, 11) is 1.61. The van der Waals surface area contributed by atoms with E-state index in [1.807, 2.05) is 12.1 Å². The van der Waals surface area contributed by atoms with Gasteiger partial charge >= 0.3 is 5.97 Å². The van der Waals surface area contributed by atoms with Crippen molar-refractivity contribution < 1.29 is 14.3 Å². The van der Waals surface area contributed by atoms with Crippen LogP contribution in [0.2, 0.25) is 0 Å². The summed E-state index contributed by atoms with van der Waals surface area (Å²) in [4.78, 5) is 10.9. The molecule has 0 saturated heterocycles. The highest BCUT2D eigenvalue weighted by atomic mass is 127. The van der Waals surface area contributed by atoms with Crippen LogP contribution in [0.4, 0.5) is 0 Å². The Morgan fingerprint density at radius 3 is 3.00 bits per heavy atom. The smallest absolute Gasteiger partial charge is 0.315 e. The van der Waals surface area contributed by atoms with E-state index in [0.717, 1.165) is 14.9 Å². The molecule has 0 bridgehead atoms. The lowest BCUT2D eigenvalue weighted by atomic mass is 10.1. The van der Waals surface area contributed by atoms with Gasteiger partial charge in [0.1, 0.15) is 11.5 Å². The van der Waals surface area contributed by atoms with Crippen LogP contribution in [-0.2, 0) is 11.2 Å². The summed E-state index contributed by atoms with van der Waals surface area (Å²) in [6.07, 6.45) is 0.350. The van der Waals surface area contributed by atoms with E-state index in [1.165, 1.54) is 0 Å². The van der Waals surface area contributed by atoms with Crippen LogP contribution >= 0.6 is 22.6 Å². The Bertz CT molecular complexity index is 373. The zero-order valence-electron chi connectivity index (χ0n) is 6.96. The van der Waals surface area contributed by atoms with Crippen molar-refractivity contribution in [3.05, 3.63) is 21.3 Å². The molecular formula is C9H7IO3. The molecule has 0 aromatic heterocycles. The Kier molecular flexibility index (Phi) is 2.15. The number of fused-ring (bicyclic) bond motifs is 1. The quantitative estimate of drug-likeness (QED) is 0.449. The van der Waals surface area contributed by atoms with E-state index in [-0.39, 0.29) is 5.97 Å². The summed E-state index contributed by atoms with van der Waals surface area (Å²) >= 11 is 2.14. The highest BCUT2D eigenvalue weighted by molar-refractivity contribution is 14.1. The number of carbonyl (C=O) groups excluding carboxylic acids is 1. The molecule has 1 heterocycles. The van der Waals surface area contributed by atoms with E-state index in [1.54, 1.807) is 7.11 Å². The molecule has 0 saturated carbocycles. The molecule has 0 fully saturated rings. The average molecular weight is 290 g/mol. The number of methoxy groups -OCH3 is 1. The lowest BCUT2D eigenvalue weighted by molar-refractivity contribution is -0.131. The van der Waals surface area contributed by atoms with Crippen LogP contribution in [0.25, 0.3) is 0 Å². The van der Waals surface area contributed by atoms with Gasteiger partial charge in [-0.1, -0.05) is 0 Å². The molecule has 0 unspecified atom stereocenters. The van der Waals surface area contributed by atoms with E-state index in [2.05, 4.69) is 22.6 Å². The van der Waals surface area contributed by atoms with Crippen LogP contribution in [0.15, 0.2) is 12.1 Å². The number of halogens is 1. The molecular weight excluding hydrogens is 283 g/mol. The maximum absolute atomic E-state index is 10.9. The summed E-state index contributed by atoms with van der Waals surface area (Å²) in [5, 5.41) is 0. The second kappa shape index (κ2) is 3.17. The zero-order valence-corrected chi connectivity index (χ0v) is 9.12. The molecule has 1 aromatic rings. The number of ether oxygens (including phenoxy) is 2. The van der Waals surface area contributed by atoms with Gasteiger partial charge in [-0.05, 0) is 34.7 Å². The minimum atomic E-state index is -0.195. The number of benzene rings is 1. The topological polar surface area (TPSA) is 35.5 Å². The van der Waals surface area contributed by atoms with Crippen LogP contribution in [-0.4, -0.2) is 13.1 Å². The molecule has 1 aliphatic heterocycles. The van der Waals surface area contributed by atoms with E-state index in [0.29, 0.717) is 12.2 Å². The first kappa shape index (κ1) is 8.80. The second-order valence-electron chi connectivity index (χ2n) is 2.75. The maximum Gasteiger partial charge on any atom is 0.315 e. The molecule has 0 aliphatic carbocycles. The molecule has 0 radical (unpaired) electrons. The summed E-state index contributed by atoms with van der Waals surface area (Å²) < 4.78 is 11.1. The van der Waals surface area contributed by atoms with Crippen molar-refractivity contribution in [2.75, 3.05) is 7.11 Å². The first-order chi connectivity index (χ1) is 6.20. The van der Waals surface area contributed by atoms with Crippen molar-refractivity contribution in [2.45, 2.75) is 6.42 Å². The maximum atomic E-state index is 10.9. The Morgan fingerprint density at radius 1 is 1.54 bits per heavy atom. The fraction of sp³-hybridized carbons (Fsp3) is 0.222. The predicted molar refractivity (Wildman–Crippen MR) is 55.1 cm³/mol. The van der Waals surface area contributed by atoms with Crippen LogP contribution in [0.3, 0.4) is 0 Å². The van der Waals surface area contributed by atoms with Crippen LogP contribution in [0, 0.1) is 3.57 Å². The molecule has 0 N–H and O–H groups in total. The molecule has 0 spiro atoms. The minimum absolute atomic E-state index is 0.195. The molecule has 0 atom stereocenters. The summed E-state index contributed by atoms with van der Waals surface area (Å²) in [5.41, 5.74) is 0.905. The van der Waals surface area contributed by atoms with Gasteiger partial charge in [0.25, 0.3) is 0 Å². The van der Waals surface area contributed by atoms with Gasteiger partial charge in [0.15, 0.2) is 0 Å². The highest BCUT2D eigenvalue weighted by Gasteiger charge is 2.22. The lowest BCUT2D eigenvalue weighted by Crippen LogP contribution is -2.00. The first-order valence-electron chi connectivity index (χ1n) is 3.78. The van der Waals surface area contributed by atoms with E-state index in [9.17, 15) is 4.79 Å². The van der Waals surface area contributed by atoms with Crippen molar-refractivity contribution in [3.8, 4) is 11.5 Å². The third kappa shape index (κ3) is 1.50. The first-order valence-corrected chi connectivity index (χ1v) is 4.85. The Labute approximate surface area is 89.2 Å². The molecule has 3 nitrogen and oxygen atoms in total. The zero-order chi connectivity index (χ0) is 9.42. The average Bonchev–Trinajstić information content (AvgIpc) is 2.42. The summed E-state index contributed by atoms with van der Waals surface area (Å²) in [6, 6.07) is 3.67. The number of carbonyl (C=O) groups is 1. The molecule has 13 heavy (non-hydrogen) atoms. The van der Waals surface area contributed by atoms with Crippen molar-refractivity contribution in [2.24, 2.45) is 0 Å². The van der Waals surface area contributed by atoms with Crippen molar-refractivity contribution in [3.63, 3.8) is 0 Å². The van der Waals surface area contributed by atoms with Gasteiger partial charge in [-0.2, -0.15) is 0 Å².